The molecule has 11 rings (SSSR count). The van der Waals surface area contributed by atoms with Crippen molar-refractivity contribution >= 4 is 64.2 Å². The SMILES string of the molecule is CC(C)(C)OC(=O)N(CC(=O)N1CCCC(c2cccc(C(=O)N3CCC(OC4CCN(CC(=O)N5CCN(CC[C@H](N=C6N(C(=O)OC(C)(C)C)C67CCN(c6ncnc8[nH]ccc68)CC7)c6ccc(Cl)cc6)CC5)CC4)CC3)c2)C1)Cc1ccc(F)cc1F. The summed E-state index contributed by atoms with van der Waals surface area (Å²) in [7, 11) is 0. The average Bonchev–Trinajstić information content (AvgIpc) is 1.61. The Labute approximate surface area is 537 Å². The van der Waals surface area contributed by atoms with Crippen LogP contribution >= 0.6 is 11.6 Å². The summed E-state index contributed by atoms with van der Waals surface area (Å²) < 4.78 is 46.7. The van der Waals surface area contributed by atoms with Crippen LogP contribution in [0.2, 0.25) is 5.02 Å². The van der Waals surface area contributed by atoms with Crippen molar-refractivity contribution < 1.29 is 47.0 Å². The number of amides is 5. The number of H-pyrrole nitrogens is 1. The highest BCUT2D eigenvalue weighted by Gasteiger charge is 2.65. The first-order valence-corrected chi connectivity index (χ1v) is 32.8. The second-order valence-corrected chi connectivity index (χ2v) is 27.7. The van der Waals surface area contributed by atoms with Crippen molar-refractivity contribution in [3.63, 3.8) is 0 Å². The molecule has 23 heteroatoms. The number of piperazine rings is 1. The van der Waals surface area contributed by atoms with Crippen molar-refractivity contribution in [2.24, 2.45) is 4.99 Å². The van der Waals surface area contributed by atoms with E-state index < -0.39 is 34.5 Å². The number of benzene rings is 3. The summed E-state index contributed by atoms with van der Waals surface area (Å²) in [5.41, 5.74) is 1.33. The monoisotopic (exact) mass is 1270 g/mol. The maximum Gasteiger partial charge on any atom is 0.416 e. The Morgan fingerprint density at radius 1 is 0.747 bits per heavy atom. The zero-order chi connectivity index (χ0) is 64.2. The lowest BCUT2D eigenvalue weighted by atomic mass is 9.89. The van der Waals surface area contributed by atoms with Crippen molar-refractivity contribution in [3.8, 4) is 0 Å². The van der Waals surface area contributed by atoms with Gasteiger partial charge < -0.3 is 38.8 Å². The van der Waals surface area contributed by atoms with Crippen molar-refractivity contribution in [3.05, 3.63) is 124 Å². The van der Waals surface area contributed by atoms with E-state index in [-0.39, 0.29) is 66.6 Å². The summed E-state index contributed by atoms with van der Waals surface area (Å²) >= 11 is 6.40. The van der Waals surface area contributed by atoms with Gasteiger partial charge in [-0.05, 0) is 147 Å². The molecular weight excluding hydrogens is 1190 g/mol. The molecule has 20 nitrogen and oxygen atoms in total. The number of ether oxygens (including phenoxy) is 3. The molecule has 5 aromatic rings. The highest BCUT2D eigenvalue weighted by molar-refractivity contribution is 6.30. The van der Waals surface area contributed by atoms with Gasteiger partial charge in [0.2, 0.25) is 11.8 Å². The Hall–Kier alpha value is -7.27. The summed E-state index contributed by atoms with van der Waals surface area (Å²) in [5, 5.41) is 1.61. The molecule has 6 aliphatic heterocycles. The zero-order valence-electron chi connectivity index (χ0n) is 53.4. The second-order valence-electron chi connectivity index (χ2n) is 27.3. The number of carbonyl (C=O) groups is 5. The highest BCUT2D eigenvalue weighted by Crippen LogP contribution is 2.48. The van der Waals surface area contributed by atoms with Crippen LogP contribution in [-0.2, 0) is 30.3 Å². The number of hydrogen-bond acceptors (Lipinski definition) is 14. The number of piperidine rings is 4. The molecule has 2 atom stereocenters. The fraction of sp³-hybridized carbons (Fsp3) is 0.559. The molecule has 1 unspecified atom stereocenters. The number of anilines is 1. The number of nitrogens with zero attached hydrogens (tertiary/aromatic N) is 11. The summed E-state index contributed by atoms with van der Waals surface area (Å²) in [4.78, 5) is 102. The molecule has 6 fully saturated rings. The maximum absolute atomic E-state index is 14.7. The summed E-state index contributed by atoms with van der Waals surface area (Å²) in [6.45, 7) is 19.0. The predicted molar refractivity (Wildman–Crippen MR) is 343 cm³/mol. The normalized spacial score (nSPS) is 20.5. The highest BCUT2D eigenvalue weighted by atomic mass is 35.5. The lowest BCUT2D eigenvalue weighted by Gasteiger charge is -2.38. The van der Waals surface area contributed by atoms with E-state index in [9.17, 15) is 32.8 Å². The van der Waals surface area contributed by atoms with Crippen LogP contribution in [0.5, 0.6) is 0 Å². The minimum atomic E-state index is -0.861. The number of hydrogen-bond donors (Lipinski definition) is 1. The van der Waals surface area contributed by atoms with Crippen LogP contribution in [0.3, 0.4) is 0 Å². The molecule has 1 N–H and O–H groups in total. The number of halogens is 3. The van der Waals surface area contributed by atoms with E-state index in [1.165, 1.54) is 6.07 Å². The standard InChI is InChI=1S/C68H87ClF2N12O8/c1-66(2,3)90-64(87)82(42-50-14-17-52(70)40-56(50)71)44-59(85)81-27-8-11-49(41-81)47-9-7-10-48(39-47)62(86)80-31-21-54(22-32-80)89-53-19-28-77(29-20-53)43-58(84)78-37-35-76(36-38-78)30-23-57(46-12-15-51(69)16-13-46)75-63-68(83(63)65(88)91-67(4,5)6)24-33-79(34-25-68)61-55-18-26-72-60(55)73-45-74-61/h7,9-10,12-18,26,39-40,45,49,53-54,57H,8,11,19-25,27-38,41-44H2,1-6H3,(H,72,73,74)/t49?,57-,83?/m0/s1. The van der Waals surface area contributed by atoms with E-state index in [0.29, 0.717) is 88.8 Å². The topological polar surface area (TPSA) is 193 Å². The quantitative estimate of drug-likeness (QED) is 0.0919. The summed E-state index contributed by atoms with van der Waals surface area (Å²) in [5.74, 6) is -0.173. The van der Waals surface area contributed by atoms with Crippen LogP contribution in [0.15, 0.2) is 90.3 Å². The molecule has 0 radical (unpaired) electrons. The van der Waals surface area contributed by atoms with E-state index in [1.807, 2.05) is 91.4 Å². The molecule has 6 saturated heterocycles. The molecule has 1 spiro atoms. The molecule has 3 aromatic carbocycles. The van der Waals surface area contributed by atoms with Crippen LogP contribution in [-0.4, -0.2) is 212 Å². The van der Waals surface area contributed by atoms with Gasteiger partial charge in [-0.1, -0.05) is 41.9 Å². The van der Waals surface area contributed by atoms with Crippen molar-refractivity contribution in [1.29, 1.82) is 0 Å². The molecule has 6 aliphatic rings. The van der Waals surface area contributed by atoms with Gasteiger partial charge in [-0.3, -0.25) is 34.1 Å². The molecule has 0 bridgehead atoms. The van der Waals surface area contributed by atoms with Gasteiger partial charge in [0.15, 0.2) is 0 Å². The number of nitrogens with one attached hydrogen (secondary N) is 1. The number of aromatic amines is 1. The minimum absolute atomic E-state index is 0.0380. The molecule has 8 heterocycles. The van der Waals surface area contributed by atoms with E-state index in [0.717, 1.165) is 122 Å². The third-order valence-corrected chi connectivity index (χ3v) is 18.8. The maximum atomic E-state index is 14.7. The Bertz CT molecular complexity index is 3430. The molecule has 91 heavy (non-hydrogen) atoms. The lowest BCUT2D eigenvalue weighted by Crippen LogP contribution is -2.52. The number of aromatic nitrogens is 3. The second kappa shape index (κ2) is 27.9. The molecule has 488 valence electrons. The van der Waals surface area contributed by atoms with Gasteiger partial charge in [-0.25, -0.2) is 33.2 Å². The third-order valence-electron chi connectivity index (χ3n) is 18.5. The largest absolute Gasteiger partial charge is 0.444 e. The van der Waals surface area contributed by atoms with Crippen LogP contribution < -0.4 is 4.90 Å². The molecule has 5 amide bonds. The molecule has 2 aromatic heterocycles. The zero-order valence-corrected chi connectivity index (χ0v) is 54.1. The number of rotatable bonds is 16. The lowest BCUT2D eigenvalue weighted by molar-refractivity contribution is -0.135. The fourth-order valence-corrected chi connectivity index (χ4v) is 13.7. The summed E-state index contributed by atoms with van der Waals surface area (Å²) in [6, 6.07) is 20.4. The van der Waals surface area contributed by atoms with E-state index in [4.69, 9.17) is 30.8 Å². The van der Waals surface area contributed by atoms with E-state index in [2.05, 4.69) is 29.7 Å². The van der Waals surface area contributed by atoms with Gasteiger partial charge in [-0.2, -0.15) is 0 Å². The van der Waals surface area contributed by atoms with Gasteiger partial charge >= 0.3 is 12.2 Å². The number of aliphatic imine (C=N–C) groups is 1. The van der Waals surface area contributed by atoms with Crippen molar-refractivity contribution in [1.82, 2.24) is 49.3 Å². The third kappa shape index (κ3) is 16.1. The fourth-order valence-electron chi connectivity index (χ4n) is 13.5. The number of likely N-dealkylation sites (tertiary alicyclic amines) is 3. The van der Waals surface area contributed by atoms with Gasteiger partial charge in [0, 0.05) is 119 Å². The van der Waals surface area contributed by atoms with Crippen molar-refractivity contribution in [2.45, 2.75) is 147 Å². The van der Waals surface area contributed by atoms with Gasteiger partial charge in [0.1, 0.15) is 58.5 Å². The van der Waals surface area contributed by atoms with Crippen molar-refractivity contribution in [2.75, 3.05) is 103 Å². The summed E-state index contributed by atoms with van der Waals surface area (Å²) in [6.07, 6.45) is 9.18. The number of fused-ring (bicyclic) bond motifs is 1. The first-order chi connectivity index (χ1) is 43.5. The average molecular weight is 1270 g/mol. The Balaban J connectivity index is 0.613. The van der Waals surface area contributed by atoms with E-state index in [1.54, 1.807) is 36.9 Å². The van der Waals surface area contributed by atoms with Crippen LogP contribution in [0, 0.1) is 11.6 Å². The Morgan fingerprint density at radius 3 is 2.14 bits per heavy atom. The Kier molecular flexibility index (Phi) is 20.0. The first-order valence-electron chi connectivity index (χ1n) is 32.4. The predicted octanol–water partition coefficient (Wildman–Crippen LogP) is 10.1. The molecule has 0 aliphatic carbocycles. The van der Waals surface area contributed by atoms with Gasteiger partial charge in [-0.15, -0.1) is 0 Å². The molecular formula is C68H87ClF2N12O8. The first kappa shape index (κ1) is 65.2. The Morgan fingerprint density at radius 2 is 1.45 bits per heavy atom. The number of amidine groups is 1. The minimum Gasteiger partial charge on any atom is -0.444 e. The van der Waals surface area contributed by atoms with Crippen LogP contribution in [0.1, 0.15) is 138 Å². The smallest absolute Gasteiger partial charge is 0.416 e. The van der Waals surface area contributed by atoms with Gasteiger partial charge in [0.05, 0.1) is 36.7 Å². The van der Waals surface area contributed by atoms with Crippen LogP contribution in [0.4, 0.5) is 24.2 Å². The van der Waals surface area contributed by atoms with Crippen LogP contribution in [0.25, 0.3) is 11.0 Å². The number of carbonyl (C=O) groups excluding carboxylic acids is 5. The van der Waals surface area contributed by atoms with Gasteiger partial charge in [0.25, 0.3) is 5.91 Å². The van der Waals surface area contributed by atoms with E-state index >= 15 is 0 Å². The molecule has 0 saturated carbocycles.